The molecule has 0 spiro atoms. The van der Waals surface area contributed by atoms with Crippen LogP contribution >= 0.6 is 101 Å². The van der Waals surface area contributed by atoms with Crippen molar-refractivity contribution in [2.24, 2.45) is 19.1 Å². The van der Waals surface area contributed by atoms with E-state index in [1.54, 1.807) is 50.9 Å². The standard InChI is InChI=1S/C18H19N3O.C17H16ClN3O.C17H17N3O.C13H14BrN.C12H13N3O.C7H8BrN.C5H3Cl2NO.CH3I.ClH2NO/c1-12-5-8-15(16-9-10-19-20(4)18(16)22)11-17(12)21-13(2)6-7-14(21)3;1-10-4-7-13(16-14(18)9-19-20-17(16)22)8-15(10)21-11(2)5-6-12(21)3;1-11-4-7-14(15-8-9-18-19-17(15)21)10-16(11)20-12(2)5-6-13(20)3;1-9-4-7-12(14)8-13(9)15-10(2)5-6-11(15)3;1-8-3-4-9(7-11(8)13)10-5-6-14-15(2)12(10)16;1-5-2-3-6(8)4-7(5)9;6-3-1-8-2-4(9)5(3)7;1-2;1-2-3/h5-11H,1-4H3;4-9H,1-3H3,(H,20,22);4-10H,1-3H3,(H,19,21);4-8H,1-3H3;3-7H,13H2,1-2H3;2-4H,9H2,1H3;1H,2H2;1H3;2-3H. The zero-order valence-corrected chi connectivity index (χ0v) is 77.4. The number of benzene rings is 6. The van der Waals surface area contributed by atoms with E-state index in [0.29, 0.717) is 33.0 Å². The smallest absolute Gasteiger partial charge is 0.274 e. The number of hydrogen-bond acceptors (Lipinski definition) is 14. The third-order valence-corrected chi connectivity index (χ3v) is 21.1. The molecular formula is C90H95Br2Cl4IN16O6. The van der Waals surface area contributed by atoms with Crippen LogP contribution in [0.1, 0.15) is 78.9 Å². The number of dihydropyridines is 1. The molecular weight excluding hydrogens is 1830 g/mol. The van der Waals surface area contributed by atoms with E-state index in [9.17, 15) is 24.0 Å². The first-order valence-electron chi connectivity index (χ1n) is 36.9. The van der Waals surface area contributed by atoms with Crippen molar-refractivity contribution in [1.29, 1.82) is 0 Å². The molecule has 0 saturated heterocycles. The summed E-state index contributed by atoms with van der Waals surface area (Å²) in [6, 6.07) is 58.0. The molecule has 15 rings (SSSR count). The summed E-state index contributed by atoms with van der Waals surface area (Å²) in [6.45, 7) is 29.1. The van der Waals surface area contributed by atoms with E-state index >= 15 is 0 Å². The molecule has 1 aliphatic heterocycles. The normalized spacial score (nSPS) is 11.1. The second kappa shape index (κ2) is 45.0. The lowest BCUT2D eigenvalue weighted by molar-refractivity contribution is -0.113. The number of anilines is 2. The highest BCUT2D eigenvalue weighted by molar-refractivity contribution is 14.1. The molecule has 0 amide bonds. The van der Waals surface area contributed by atoms with E-state index in [2.05, 4.69) is 288 Å². The van der Waals surface area contributed by atoms with Gasteiger partial charge in [0.05, 0.1) is 38.5 Å². The molecule has 0 radical (unpaired) electrons. The number of hydrogen-bond donors (Lipinski definition) is 6. The summed E-state index contributed by atoms with van der Waals surface area (Å²) >= 11 is 30.3. The molecule has 8 N–H and O–H groups in total. The molecule has 6 aromatic carbocycles. The molecule has 9 heterocycles. The second-order valence-corrected chi connectivity index (χ2v) is 30.7. The zero-order valence-electron chi connectivity index (χ0n) is 69.0. The lowest BCUT2D eigenvalue weighted by Gasteiger charge is -2.14. The summed E-state index contributed by atoms with van der Waals surface area (Å²) in [5.74, 6) is -0.218. The maximum Gasteiger partial charge on any atom is 0.274 e. The maximum atomic E-state index is 12.3. The molecule has 14 aromatic rings. The van der Waals surface area contributed by atoms with E-state index in [1.807, 2.05) is 91.6 Å². The van der Waals surface area contributed by atoms with Crippen molar-refractivity contribution in [2.45, 2.75) is 96.9 Å². The summed E-state index contributed by atoms with van der Waals surface area (Å²) in [4.78, 5) is 65.5. The molecule has 22 nitrogen and oxygen atoms in total. The fourth-order valence-corrected chi connectivity index (χ4v) is 13.9. The molecule has 0 saturated carbocycles. The number of nitrogens with zero attached hydrogens (tertiary/aromatic N) is 11. The minimum absolute atomic E-state index is 0.0850. The summed E-state index contributed by atoms with van der Waals surface area (Å²) in [6.07, 6.45) is 7.69. The van der Waals surface area contributed by atoms with Crippen LogP contribution in [0.4, 0.5) is 11.4 Å². The van der Waals surface area contributed by atoms with Crippen LogP contribution in [0.2, 0.25) is 5.02 Å². The van der Waals surface area contributed by atoms with Crippen molar-refractivity contribution in [3.8, 4) is 67.3 Å². The van der Waals surface area contributed by atoms with Crippen LogP contribution in [0, 0.1) is 96.9 Å². The number of aliphatic imine (C=N–C) groups is 1. The van der Waals surface area contributed by atoms with Crippen molar-refractivity contribution in [3.63, 3.8) is 0 Å². The number of rotatable bonds is 8. The first-order valence-corrected chi connectivity index (χ1v) is 42.2. The number of allylic oxidation sites excluding steroid dienone is 1. The van der Waals surface area contributed by atoms with Crippen LogP contribution in [0.15, 0.2) is 244 Å². The molecule has 8 aromatic heterocycles. The molecule has 0 unspecified atom stereocenters. The average molecular weight is 1930 g/mol. The Hall–Kier alpha value is -10.6. The van der Waals surface area contributed by atoms with Gasteiger partial charge in [-0.3, -0.25) is 29.0 Å². The quantitative estimate of drug-likeness (QED) is 0.0271. The topological polar surface area (TPSA) is 295 Å². The summed E-state index contributed by atoms with van der Waals surface area (Å²) in [5, 5.41) is 28.0. The van der Waals surface area contributed by atoms with Gasteiger partial charge < -0.3 is 34.9 Å². The number of H-pyrrole nitrogens is 2. The Kier molecular flexibility index (Phi) is 36.1. The Bertz CT molecular complexity index is 6150. The van der Waals surface area contributed by atoms with Crippen LogP contribution < -0.4 is 38.7 Å². The molecule has 29 heteroatoms. The Morgan fingerprint density at radius 3 is 1.12 bits per heavy atom. The molecule has 119 heavy (non-hydrogen) atoms. The van der Waals surface area contributed by atoms with Crippen molar-refractivity contribution < 1.29 is 10.0 Å². The third-order valence-electron chi connectivity index (χ3n) is 19.0. The number of aromatic amines is 2. The summed E-state index contributed by atoms with van der Waals surface area (Å²) in [5.41, 5.74) is 39.0. The van der Waals surface area contributed by atoms with Crippen molar-refractivity contribution in [2.75, 3.05) is 22.9 Å². The number of ketones is 1. The Morgan fingerprint density at radius 1 is 0.420 bits per heavy atom. The highest BCUT2D eigenvalue weighted by Crippen LogP contribution is 2.32. The highest BCUT2D eigenvalue weighted by Gasteiger charge is 2.18. The number of carbonyl (C=O) groups is 1. The second-order valence-electron chi connectivity index (χ2n) is 27.5. The van der Waals surface area contributed by atoms with Gasteiger partial charge in [-0.15, -0.1) is 5.00 Å². The minimum atomic E-state index is -0.289. The molecule has 0 aliphatic carbocycles. The minimum Gasteiger partial charge on any atom is -0.398 e. The molecule has 0 fully saturated rings. The third kappa shape index (κ3) is 25.0. The number of carbonyl (C=O) groups excluding carboxylic acids is 1. The fourth-order valence-electron chi connectivity index (χ4n) is 12.6. The van der Waals surface area contributed by atoms with Crippen molar-refractivity contribution in [1.82, 2.24) is 63.2 Å². The van der Waals surface area contributed by atoms with Gasteiger partial charge >= 0.3 is 0 Å². The van der Waals surface area contributed by atoms with E-state index < -0.39 is 0 Å². The van der Waals surface area contributed by atoms with Crippen LogP contribution in [-0.2, 0) is 18.9 Å². The highest BCUT2D eigenvalue weighted by atomic mass is 127. The number of aryl methyl sites for hydroxylation is 16. The average Bonchev–Trinajstić information content (AvgIpc) is 1.79. The Balaban J connectivity index is 0.000000193. The number of aromatic nitrogens is 12. The monoisotopic (exact) mass is 1920 g/mol. The van der Waals surface area contributed by atoms with Crippen molar-refractivity contribution in [3.05, 3.63) is 345 Å². The maximum absolute atomic E-state index is 12.3. The predicted molar refractivity (Wildman–Crippen MR) is 504 cm³/mol. The Labute approximate surface area is 742 Å². The van der Waals surface area contributed by atoms with Gasteiger partial charge in [-0.25, -0.2) is 19.6 Å². The number of nitrogens with two attached hydrogens (primary N) is 2. The van der Waals surface area contributed by atoms with E-state index in [-0.39, 0.29) is 44.6 Å². The first kappa shape index (κ1) is 95.6. The largest absolute Gasteiger partial charge is 0.398 e. The van der Waals surface area contributed by atoms with E-state index in [1.165, 1.54) is 83.3 Å². The van der Waals surface area contributed by atoms with Crippen molar-refractivity contribution >= 4 is 124 Å². The molecule has 1 aliphatic rings. The number of nitrogen functional groups attached to an aromatic ring is 2. The van der Waals surface area contributed by atoms with E-state index in [4.69, 9.17) is 51.5 Å². The number of halogens is 7. The van der Waals surface area contributed by atoms with Gasteiger partial charge in [0.25, 0.3) is 22.2 Å². The number of Topliss-reactive ketones (excluding diaryl/α,β-unsaturated/α-hetero) is 1. The SMILES string of the molecule is CI.Cc1ccc(-c2c(Cl)cn[nH]c2=O)cc1-n1c(C)ccc1C.Cc1ccc(-c2ccn[nH]c2=O)cc1-n1c(C)ccc1C.Cc1ccc(-c2ccnn(C)c2=O)cc1-n1c(C)ccc1C.Cc1ccc(-c2ccnn(C)c2=O)cc1N.Cc1ccc(Br)cc1-n1c(C)ccc1C.Cc1ccc(Br)cc1N.O=C1CN=CC(Cl)=C1Cl.ONCl. The molecule has 0 bridgehead atoms. The number of nitrogens with one attached hydrogen (secondary N) is 3. The van der Waals surface area contributed by atoms with Gasteiger partial charge in [-0.1, -0.05) is 150 Å². The Morgan fingerprint density at radius 2 is 0.748 bits per heavy atom. The van der Waals surface area contributed by atoms with Crippen LogP contribution in [0.5, 0.6) is 0 Å². The van der Waals surface area contributed by atoms with Crippen LogP contribution in [0.3, 0.4) is 0 Å². The summed E-state index contributed by atoms with van der Waals surface area (Å²) in [7, 11) is 3.30. The van der Waals surface area contributed by atoms with Gasteiger partial charge in [-0.05, 0) is 273 Å². The van der Waals surface area contributed by atoms with Gasteiger partial charge in [-0.2, -0.15) is 20.4 Å². The number of alkyl halides is 1. The molecule has 0 atom stereocenters. The fraction of sp³-hybridized carbons (Fsp3) is 0.200. The van der Waals surface area contributed by atoms with Crippen LogP contribution in [0.25, 0.3) is 67.3 Å². The lowest BCUT2D eigenvalue weighted by Crippen LogP contribution is -2.20. The zero-order chi connectivity index (χ0) is 87.8. The first-order chi connectivity index (χ1) is 56.6. The van der Waals surface area contributed by atoms with Gasteiger partial charge in [0.15, 0.2) is 5.78 Å². The van der Waals surface area contributed by atoms with Gasteiger partial charge in [0.1, 0.15) is 11.6 Å². The molecule has 620 valence electrons. The van der Waals surface area contributed by atoms with Gasteiger partial charge in [0.2, 0.25) is 0 Å². The predicted octanol–water partition coefficient (Wildman–Crippen LogP) is 20.5. The van der Waals surface area contributed by atoms with Gasteiger partial charge in [0, 0.05) is 139 Å². The van der Waals surface area contributed by atoms with Crippen LogP contribution in [-0.4, -0.2) is 86.9 Å². The lowest BCUT2D eigenvalue weighted by atomic mass is 10.0. The van der Waals surface area contributed by atoms with E-state index in [0.717, 1.165) is 82.0 Å². The summed E-state index contributed by atoms with van der Waals surface area (Å²) < 4.78 is 13.7.